The van der Waals surface area contributed by atoms with Crippen molar-refractivity contribution in [3.8, 4) is 41.2 Å². The third-order valence-corrected chi connectivity index (χ3v) is 15.3. The van der Waals surface area contributed by atoms with Crippen LogP contribution in [0.2, 0.25) is 0 Å². The molecule has 0 radical (unpaired) electrons. The number of benzene rings is 4. The zero-order valence-corrected chi connectivity index (χ0v) is 44.0. The highest BCUT2D eigenvalue weighted by molar-refractivity contribution is 7.44. The lowest BCUT2D eigenvalue weighted by Crippen LogP contribution is -2.39. The number of nitrogens with zero attached hydrogens (tertiary/aromatic N) is 3. The predicted octanol–water partition coefficient (Wildman–Crippen LogP) is 9.66. The molecule has 14 nitrogen and oxygen atoms in total. The molecule has 2 aliphatic rings. The van der Waals surface area contributed by atoms with Gasteiger partial charge in [0.2, 0.25) is 0 Å². The number of amides is 1. The van der Waals surface area contributed by atoms with Crippen molar-refractivity contribution in [3.05, 3.63) is 164 Å². The van der Waals surface area contributed by atoms with Gasteiger partial charge in [-0.1, -0.05) is 90.9 Å². The lowest BCUT2D eigenvalue weighted by atomic mass is 9.80. The summed E-state index contributed by atoms with van der Waals surface area (Å²) in [5.41, 5.74) is 0.608. The van der Waals surface area contributed by atoms with E-state index in [2.05, 4.69) is 44.7 Å². The Labute approximate surface area is 438 Å². The summed E-state index contributed by atoms with van der Waals surface area (Å²) in [5, 5.41) is 12.2. The van der Waals surface area contributed by atoms with Gasteiger partial charge in [0.25, 0.3) is 20.0 Å². The molecule has 1 aromatic heterocycles. The number of aromatic nitrogens is 2. The van der Waals surface area contributed by atoms with Crippen LogP contribution in [0.25, 0.3) is 0 Å². The van der Waals surface area contributed by atoms with E-state index in [4.69, 9.17) is 28.0 Å². The number of hydrogen-bond donors (Lipinski definition) is 2. The zero-order valence-electron chi connectivity index (χ0n) is 43.1. The van der Waals surface area contributed by atoms with Crippen LogP contribution >= 0.6 is 8.53 Å². The third kappa shape index (κ3) is 14.0. The monoisotopic (exact) mass is 1040 g/mol. The second-order valence-corrected chi connectivity index (χ2v) is 20.2. The third-order valence-electron chi connectivity index (χ3n) is 13.1. The average Bonchev–Trinajstić information content (AvgIpc) is 3.81. The maximum atomic E-state index is 14.8. The molecular formula is C58H64F2N5O9P. The Hall–Kier alpha value is -6.67. The van der Waals surface area contributed by atoms with Crippen LogP contribution in [-0.4, -0.2) is 84.3 Å². The maximum absolute atomic E-state index is 14.8. The van der Waals surface area contributed by atoms with Gasteiger partial charge in [0.05, 0.1) is 52.6 Å². The molecule has 5 atom stereocenters. The first-order valence-electron chi connectivity index (χ1n) is 25.2. The Morgan fingerprint density at radius 3 is 2.19 bits per heavy atom. The fourth-order valence-corrected chi connectivity index (χ4v) is 11.1. The van der Waals surface area contributed by atoms with Gasteiger partial charge in [-0.3, -0.25) is 19.1 Å². The normalized spacial score (nSPS) is 18.7. The lowest BCUT2D eigenvalue weighted by molar-refractivity contribution is -0.0925. The SMILES string of the molecule is COc1ccc(C(OC[C@H]2O[C@@H](n3cc(C#CCNC(=O)c4ccc(CC5CCCCC#CC5(F)F)cc4)c(=O)[nH]c3=O)C[C@@H]2OP(OCCC#N)N(C(C)C)C(C)C)(c2ccccc2)c2ccc(OC)cc2)cc1. The second kappa shape index (κ2) is 26.2. The summed E-state index contributed by atoms with van der Waals surface area (Å²) in [6.45, 7) is 8.04. The van der Waals surface area contributed by atoms with E-state index < -0.39 is 61.6 Å². The highest BCUT2D eigenvalue weighted by Crippen LogP contribution is 2.51. The zero-order chi connectivity index (χ0) is 53.5. The highest BCUT2D eigenvalue weighted by Gasteiger charge is 2.45. The standard InChI is InChI=1S/C58H64F2N5O9P/c1-40(2)65(41(3)4)75(72-35-15-33-61)74-51-37-53(73-52(51)39-71-58(45-17-11-9-12-18-45,46-24-28-49(69-5)29-25-46)47-26-30-50(70-6)31-27-47)64-38-44(55(67)63-56(64)68)16-14-34-62-54(66)43-22-20-42(21-23-43)36-48-19-10-7-8-13-32-57(48,59)60/h9,11-12,17-18,20-31,38,40-41,48,51-53H,7-8,10,15,19,34-37,39H2,1-6H3,(H,62,66)(H,63,67,68)/t48?,51-,52+,53+,75?/m0/s1. The largest absolute Gasteiger partial charge is 0.497 e. The van der Waals surface area contributed by atoms with Crippen LogP contribution in [0, 0.1) is 40.9 Å². The summed E-state index contributed by atoms with van der Waals surface area (Å²) in [6, 6.07) is 33.6. The molecule has 7 rings (SSSR count). The van der Waals surface area contributed by atoms with E-state index in [1.807, 2.05) is 107 Å². The Balaban J connectivity index is 1.17. The average molecular weight is 1040 g/mol. The van der Waals surface area contributed by atoms with E-state index in [1.165, 1.54) is 10.8 Å². The van der Waals surface area contributed by atoms with E-state index in [-0.39, 0.29) is 56.7 Å². The van der Waals surface area contributed by atoms with Crippen molar-refractivity contribution in [1.29, 1.82) is 5.26 Å². The number of hydrogen-bond acceptors (Lipinski definition) is 11. The van der Waals surface area contributed by atoms with Gasteiger partial charge >= 0.3 is 11.6 Å². The van der Waals surface area contributed by atoms with Crippen molar-refractivity contribution in [3.63, 3.8) is 0 Å². The number of rotatable bonds is 21. The first-order chi connectivity index (χ1) is 36.2. The number of carbonyl (C=O) groups is 1. The van der Waals surface area contributed by atoms with Crippen LogP contribution in [0.4, 0.5) is 8.78 Å². The van der Waals surface area contributed by atoms with Crippen molar-refractivity contribution < 1.29 is 41.6 Å². The number of aromatic amines is 1. The number of nitrogens with one attached hydrogen (secondary N) is 2. The fourth-order valence-electron chi connectivity index (χ4n) is 9.35. The topological polar surface area (TPSA) is 166 Å². The number of nitriles is 1. The smallest absolute Gasteiger partial charge is 0.330 e. The van der Waals surface area contributed by atoms with Crippen LogP contribution < -0.4 is 26.0 Å². The maximum Gasteiger partial charge on any atom is 0.330 e. The first kappa shape index (κ1) is 56.1. The highest BCUT2D eigenvalue weighted by atomic mass is 31.2. The second-order valence-electron chi connectivity index (χ2n) is 18.8. The Bertz CT molecular complexity index is 2920. The van der Waals surface area contributed by atoms with Crippen molar-refractivity contribution >= 4 is 14.4 Å². The van der Waals surface area contributed by atoms with Gasteiger partial charge < -0.3 is 33.3 Å². The van der Waals surface area contributed by atoms with Crippen LogP contribution in [0.15, 0.2) is 119 Å². The fraction of sp³-hybridized carbons (Fsp3) is 0.414. The summed E-state index contributed by atoms with van der Waals surface area (Å²) in [7, 11) is 1.41. The molecule has 1 amide bonds. The van der Waals surface area contributed by atoms with E-state index in [0.717, 1.165) is 23.1 Å². The molecule has 0 bridgehead atoms. The lowest BCUT2D eigenvalue weighted by Gasteiger charge is -2.39. The molecule has 4 aromatic carbocycles. The minimum absolute atomic E-state index is 0.0186. The molecule has 1 fully saturated rings. The van der Waals surface area contributed by atoms with Crippen LogP contribution in [0.3, 0.4) is 0 Å². The summed E-state index contributed by atoms with van der Waals surface area (Å²) >= 11 is 0. The summed E-state index contributed by atoms with van der Waals surface area (Å²) in [6.07, 6.45) is 1.45. The van der Waals surface area contributed by atoms with Crippen molar-refractivity contribution in [2.45, 2.75) is 115 Å². The minimum Gasteiger partial charge on any atom is -0.497 e. The molecule has 2 unspecified atom stereocenters. The van der Waals surface area contributed by atoms with E-state index in [9.17, 15) is 28.4 Å². The molecule has 394 valence electrons. The first-order valence-corrected chi connectivity index (χ1v) is 26.3. The summed E-state index contributed by atoms with van der Waals surface area (Å²) < 4.78 is 71.4. The molecule has 0 saturated carbocycles. The number of H-pyrrole nitrogens is 1. The quantitative estimate of drug-likeness (QED) is 0.0311. The number of halogens is 2. The van der Waals surface area contributed by atoms with E-state index in [0.29, 0.717) is 41.9 Å². The Morgan fingerprint density at radius 2 is 1.57 bits per heavy atom. The molecular weight excluding hydrogens is 980 g/mol. The Morgan fingerprint density at radius 1 is 0.933 bits per heavy atom. The van der Waals surface area contributed by atoms with Crippen LogP contribution in [-0.2, 0) is 30.5 Å². The van der Waals surface area contributed by atoms with Gasteiger partial charge in [0, 0.05) is 42.6 Å². The van der Waals surface area contributed by atoms with Crippen LogP contribution in [0.5, 0.6) is 11.5 Å². The molecule has 1 aliphatic carbocycles. The van der Waals surface area contributed by atoms with E-state index in [1.54, 1.807) is 38.5 Å². The van der Waals surface area contributed by atoms with Crippen LogP contribution in [0.1, 0.15) is 111 Å². The molecule has 0 spiro atoms. The number of methoxy groups -OCH3 is 2. The van der Waals surface area contributed by atoms with Gasteiger partial charge in [-0.2, -0.15) is 14.0 Å². The number of ether oxygens (including phenoxy) is 4. The summed E-state index contributed by atoms with van der Waals surface area (Å²) in [4.78, 5) is 42.5. The van der Waals surface area contributed by atoms with Crippen molar-refractivity contribution in [2.75, 3.05) is 34.0 Å². The van der Waals surface area contributed by atoms with Gasteiger partial charge in [0.15, 0.2) is 0 Å². The molecule has 2 N–H and O–H groups in total. The van der Waals surface area contributed by atoms with Crippen molar-refractivity contribution in [2.24, 2.45) is 5.92 Å². The van der Waals surface area contributed by atoms with E-state index >= 15 is 0 Å². The molecule has 1 saturated heterocycles. The minimum atomic E-state index is -3.08. The number of carbonyl (C=O) groups excluding carboxylic acids is 1. The van der Waals surface area contributed by atoms with Gasteiger partial charge in [-0.15, -0.1) is 0 Å². The Kier molecular flexibility index (Phi) is 19.6. The molecule has 1 aliphatic heterocycles. The molecule has 75 heavy (non-hydrogen) atoms. The van der Waals surface area contributed by atoms with Crippen molar-refractivity contribution in [1.82, 2.24) is 19.5 Å². The number of alkyl halides is 2. The van der Waals surface area contributed by atoms with Gasteiger partial charge in [-0.25, -0.2) is 9.46 Å². The molecule has 2 heterocycles. The molecule has 17 heteroatoms. The predicted molar refractivity (Wildman–Crippen MR) is 282 cm³/mol. The van der Waals surface area contributed by atoms with Gasteiger partial charge in [0.1, 0.15) is 35.0 Å². The summed E-state index contributed by atoms with van der Waals surface area (Å²) in [5.74, 6) is 7.21. The molecule has 5 aromatic rings. The van der Waals surface area contributed by atoms with Gasteiger partial charge in [-0.05, 0) is 112 Å².